The molecule has 3 rings (SSSR count). The molecule has 0 amide bonds. The van der Waals surface area contributed by atoms with Gasteiger partial charge in [0.1, 0.15) is 32.1 Å². The van der Waals surface area contributed by atoms with E-state index in [1.165, 1.54) is 0 Å². The highest BCUT2D eigenvalue weighted by Gasteiger charge is 2.57. The predicted octanol–water partition coefficient (Wildman–Crippen LogP) is 2.82. The van der Waals surface area contributed by atoms with Crippen molar-refractivity contribution in [3.8, 4) is 11.5 Å². The van der Waals surface area contributed by atoms with Crippen molar-refractivity contribution in [3.05, 3.63) is 11.8 Å². The molecule has 0 N–H and O–H groups in total. The van der Waals surface area contributed by atoms with Crippen molar-refractivity contribution in [1.29, 1.82) is 0 Å². The molecule has 0 spiro atoms. The standard InChI is InChI=1S/C18H28O5Si/c1-17(2)19-11-13(21-17)14-16-15(22-18(3,4)23-16)12(20-14)9-8-10-24(5,6)7/h9,13-16H,11H2,1-7H3/b12-9-/t13-,14-,15-,16+/m1/s1. The molecule has 3 aliphatic heterocycles. The smallest absolute Gasteiger partial charge is 0.164 e. The van der Waals surface area contributed by atoms with E-state index in [2.05, 4.69) is 31.1 Å². The maximum Gasteiger partial charge on any atom is 0.164 e. The van der Waals surface area contributed by atoms with Crippen LogP contribution in [0.2, 0.25) is 19.6 Å². The summed E-state index contributed by atoms with van der Waals surface area (Å²) in [5.74, 6) is 2.65. The Morgan fingerprint density at radius 1 is 1.00 bits per heavy atom. The van der Waals surface area contributed by atoms with Crippen molar-refractivity contribution in [2.24, 2.45) is 0 Å². The first-order chi connectivity index (χ1) is 11.0. The van der Waals surface area contributed by atoms with E-state index in [0.717, 1.165) is 5.76 Å². The SMILES string of the molecule is CC1(C)O[C@H]2[C@@H]([C@H]3COC(C)(C)O3)O/C(=C\C#C[Si](C)(C)C)[C@H]2O1. The van der Waals surface area contributed by atoms with Crippen LogP contribution in [0.1, 0.15) is 27.7 Å². The fourth-order valence-electron chi connectivity index (χ4n) is 3.15. The van der Waals surface area contributed by atoms with Crippen LogP contribution in [0.25, 0.3) is 0 Å². The normalized spacial score (nSPS) is 38.5. The van der Waals surface area contributed by atoms with Gasteiger partial charge < -0.3 is 23.7 Å². The van der Waals surface area contributed by atoms with Gasteiger partial charge in [-0.15, -0.1) is 5.54 Å². The number of fused-ring (bicyclic) bond motifs is 1. The third kappa shape index (κ3) is 3.87. The summed E-state index contributed by atoms with van der Waals surface area (Å²) in [6, 6.07) is 0. The van der Waals surface area contributed by atoms with Gasteiger partial charge in [0.25, 0.3) is 0 Å². The molecule has 24 heavy (non-hydrogen) atoms. The Balaban J connectivity index is 1.82. The number of allylic oxidation sites excluding steroid dienone is 1. The van der Waals surface area contributed by atoms with Crippen molar-refractivity contribution in [3.63, 3.8) is 0 Å². The zero-order valence-corrected chi connectivity index (χ0v) is 16.6. The Hall–Kier alpha value is -0.843. The topological polar surface area (TPSA) is 46.2 Å². The van der Waals surface area contributed by atoms with Crippen LogP contribution in [0, 0.1) is 11.5 Å². The molecule has 3 fully saturated rings. The molecule has 0 aromatic rings. The minimum atomic E-state index is -1.43. The van der Waals surface area contributed by atoms with Crippen LogP contribution in [0.15, 0.2) is 11.8 Å². The third-order valence-electron chi connectivity index (χ3n) is 4.06. The molecule has 0 bridgehead atoms. The minimum Gasteiger partial charge on any atom is -0.486 e. The minimum absolute atomic E-state index is 0.180. The largest absolute Gasteiger partial charge is 0.486 e. The average Bonchev–Trinajstić information content (AvgIpc) is 3.00. The number of rotatable bonds is 1. The van der Waals surface area contributed by atoms with E-state index in [4.69, 9.17) is 23.7 Å². The van der Waals surface area contributed by atoms with Crippen LogP contribution in [-0.2, 0) is 23.7 Å². The van der Waals surface area contributed by atoms with Crippen LogP contribution in [0.5, 0.6) is 0 Å². The summed E-state index contributed by atoms with van der Waals surface area (Å²) in [5.41, 5.74) is 3.33. The van der Waals surface area contributed by atoms with Gasteiger partial charge in [-0.05, 0) is 27.7 Å². The van der Waals surface area contributed by atoms with Crippen LogP contribution >= 0.6 is 0 Å². The lowest BCUT2D eigenvalue weighted by atomic mass is 10.1. The molecule has 0 aromatic heterocycles. The van der Waals surface area contributed by atoms with Crippen molar-refractivity contribution >= 4 is 8.07 Å². The van der Waals surface area contributed by atoms with Crippen molar-refractivity contribution in [2.45, 2.75) is 83.3 Å². The first kappa shape index (κ1) is 18.0. The van der Waals surface area contributed by atoms with Crippen LogP contribution in [0.3, 0.4) is 0 Å². The van der Waals surface area contributed by atoms with E-state index < -0.39 is 19.6 Å². The molecular weight excluding hydrogens is 324 g/mol. The van der Waals surface area contributed by atoms with Gasteiger partial charge in [0, 0.05) is 6.08 Å². The van der Waals surface area contributed by atoms with Gasteiger partial charge in [-0.3, -0.25) is 0 Å². The highest BCUT2D eigenvalue weighted by atomic mass is 28.3. The highest BCUT2D eigenvalue weighted by Crippen LogP contribution is 2.43. The predicted molar refractivity (Wildman–Crippen MR) is 92.8 cm³/mol. The Morgan fingerprint density at radius 3 is 2.29 bits per heavy atom. The molecule has 6 heteroatoms. The summed E-state index contributed by atoms with van der Waals surface area (Å²) in [5, 5.41) is 0. The molecule has 0 unspecified atom stereocenters. The molecule has 134 valence electrons. The third-order valence-corrected chi connectivity index (χ3v) is 4.96. The molecule has 3 aliphatic rings. The Bertz CT molecular complexity index is 593. The maximum absolute atomic E-state index is 6.13. The summed E-state index contributed by atoms with van der Waals surface area (Å²) in [4.78, 5) is 0. The van der Waals surface area contributed by atoms with Crippen LogP contribution in [-0.4, -0.2) is 50.7 Å². The van der Waals surface area contributed by atoms with Gasteiger partial charge in [0.15, 0.2) is 17.7 Å². The molecular formula is C18H28O5Si. The molecule has 0 saturated carbocycles. The summed E-state index contributed by atoms with van der Waals surface area (Å²) in [7, 11) is -1.43. The molecule has 0 aliphatic carbocycles. The van der Waals surface area contributed by atoms with Gasteiger partial charge in [-0.25, -0.2) is 0 Å². The van der Waals surface area contributed by atoms with E-state index in [1.807, 2.05) is 33.8 Å². The lowest BCUT2D eigenvalue weighted by molar-refractivity contribution is -0.187. The Morgan fingerprint density at radius 2 is 1.71 bits per heavy atom. The highest BCUT2D eigenvalue weighted by molar-refractivity contribution is 6.83. The molecule has 5 nitrogen and oxygen atoms in total. The van der Waals surface area contributed by atoms with E-state index >= 15 is 0 Å². The Labute approximate surface area is 145 Å². The van der Waals surface area contributed by atoms with E-state index in [0.29, 0.717) is 6.61 Å². The van der Waals surface area contributed by atoms with Crippen LogP contribution in [0.4, 0.5) is 0 Å². The quantitative estimate of drug-likeness (QED) is 0.536. The summed E-state index contributed by atoms with van der Waals surface area (Å²) in [6.45, 7) is 14.8. The van der Waals surface area contributed by atoms with Gasteiger partial charge in [-0.2, -0.15) is 0 Å². The fourth-order valence-corrected chi connectivity index (χ4v) is 3.65. The molecule has 3 saturated heterocycles. The van der Waals surface area contributed by atoms with Crippen molar-refractivity contribution in [1.82, 2.24) is 0 Å². The number of ether oxygens (including phenoxy) is 5. The zero-order valence-electron chi connectivity index (χ0n) is 15.6. The molecule has 3 heterocycles. The number of hydrogen-bond acceptors (Lipinski definition) is 5. The zero-order chi connectivity index (χ0) is 17.8. The van der Waals surface area contributed by atoms with Crippen molar-refractivity contribution in [2.75, 3.05) is 6.61 Å². The maximum atomic E-state index is 6.13. The lowest BCUT2D eigenvalue weighted by Gasteiger charge is -2.25. The van der Waals surface area contributed by atoms with Gasteiger partial charge in [0.2, 0.25) is 0 Å². The molecule has 0 aromatic carbocycles. The van der Waals surface area contributed by atoms with Crippen molar-refractivity contribution < 1.29 is 23.7 Å². The monoisotopic (exact) mass is 352 g/mol. The van der Waals surface area contributed by atoms with Crippen LogP contribution < -0.4 is 0 Å². The van der Waals surface area contributed by atoms with Gasteiger partial charge in [-0.1, -0.05) is 25.6 Å². The summed E-state index contributed by atoms with van der Waals surface area (Å²) < 4.78 is 29.9. The average molecular weight is 353 g/mol. The van der Waals surface area contributed by atoms with Gasteiger partial charge >= 0.3 is 0 Å². The number of hydrogen-bond donors (Lipinski definition) is 0. The first-order valence-electron chi connectivity index (χ1n) is 8.53. The Kier molecular flexibility index (Phi) is 4.38. The second-order valence-electron chi connectivity index (χ2n) is 8.54. The summed E-state index contributed by atoms with van der Waals surface area (Å²) >= 11 is 0. The first-order valence-corrected chi connectivity index (χ1v) is 12.0. The second kappa shape index (κ2) is 5.86. The van der Waals surface area contributed by atoms with E-state index in [9.17, 15) is 0 Å². The molecule has 0 radical (unpaired) electrons. The fraction of sp³-hybridized carbons (Fsp3) is 0.778. The van der Waals surface area contributed by atoms with Gasteiger partial charge in [0.05, 0.1) is 6.61 Å². The van der Waals surface area contributed by atoms with E-state index in [1.54, 1.807) is 0 Å². The van der Waals surface area contributed by atoms with E-state index in [-0.39, 0.29) is 24.4 Å². The lowest BCUT2D eigenvalue weighted by Crippen LogP contribution is -2.40. The second-order valence-corrected chi connectivity index (χ2v) is 13.3. The molecule has 4 atom stereocenters. The summed E-state index contributed by atoms with van der Waals surface area (Å²) in [6.07, 6.45) is 0.955.